The average molecular weight is 413 g/mol. The molecule has 0 saturated carbocycles. The van der Waals surface area contributed by atoms with Crippen LogP contribution in [0.25, 0.3) is 0 Å². The number of carbonyl (C=O) groups is 1. The predicted molar refractivity (Wildman–Crippen MR) is 110 cm³/mol. The van der Waals surface area contributed by atoms with Crippen LogP contribution in [-0.2, 0) is 11.4 Å². The molecule has 4 rings (SSSR count). The number of aromatic nitrogens is 1. The molecule has 1 aliphatic rings. The molecule has 8 heteroatoms. The SMILES string of the molecule is CNc1nc2c(s1)[C@@H](c1ccc(OC)c(OCc3ccccc3F)c1)CC(=O)N2. The summed E-state index contributed by atoms with van der Waals surface area (Å²) in [6.07, 6.45) is 0.317. The number of nitrogens with one attached hydrogen (secondary N) is 2. The largest absolute Gasteiger partial charge is 0.493 e. The Balaban J connectivity index is 1.65. The Bertz CT molecular complexity index is 1050. The number of thiazole rings is 1. The van der Waals surface area contributed by atoms with Gasteiger partial charge in [-0.3, -0.25) is 4.79 Å². The Kier molecular flexibility index (Phi) is 5.35. The number of nitrogens with zero attached hydrogens (tertiary/aromatic N) is 1. The summed E-state index contributed by atoms with van der Waals surface area (Å²) in [5.74, 6) is 1.09. The summed E-state index contributed by atoms with van der Waals surface area (Å²) in [4.78, 5) is 17.6. The van der Waals surface area contributed by atoms with Crippen LogP contribution in [0.5, 0.6) is 11.5 Å². The average Bonchev–Trinajstić information content (AvgIpc) is 3.15. The predicted octanol–water partition coefficient (Wildman–Crippen LogP) is 4.39. The van der Waals surface area contributed by atoms with Gasteiger partial charge in [0, 0.05) is 24.9 Å². The molecule has 0 saturated heterocycles. The normalized spacial score (nSPS) is 15.4. The summed E-state index contributed by atoms with van der Waals surface area (Å²) in [5.41, 5.74) is 1.37. The minimum Gasteiger partial charge on any atom is -0.493 e. The lowest BCUT2D eigenvalue weighted by Crippen LogP contribution is -2.22. The second-order valence-electron chi connectivity index (χ2n) is 6.58. The molecule has 3 aromatic rings. The standard InChI is InChI=1S/C21H20FN3O3S/c1-23-21-25-20-19(29-21)14(10-18(26)24-20)12-7-8-16(27-2)17(9-12)28-11-13-5-3-4-6-15(13)22/h3-9,14H,10-11H2,1-2H3,(H,23,25)(H,24,26)/t14-/m1/s1. The third-order valence-corrected chi connectivity index (χ3v) is 5.95. The fourth-order valence-electron chi connectivity index (χ4n) is 3.29. The van der Waals surface area contributed by atoms with Crippen molar-refractivity contribution in [2.45, 2.75) is 18.9 Å². The van der Waals surface area contributed by atoms with E-state index >= 15 is 0 Å². The van der Waals surface area contributed by atoms with Crippen LogP contribution in [0.15, 0.2) is 42.5 Å². The van der Waals surface area contributed by atoms with E-state index in [1.54, 1.807) is 38.4 Å². The third-order valence-electron chi connectivity index (χ3n) is 4.76. The minimum absolute atomic E-state index is 0.0767. The molecule has 1 aromatic heterocycles. The van der Waals surface area contributed by atoms with Crippen molar-refractivity contribution >= 4 is 28.2 Å². The Hall–Kier alpha value is -3.13. The van der Waals surface area contributed by atoms with E-state index in [0.717, 1.165) is 15.6 Å². The molecule has 6 nitrogen and oxygen atoms in total. The summed E-state index contributed by atoms with van der Waals surface area (Å²) >= 11 is 1.51. The topological polar surface area (TPSA) is 72.5 Å². The summed E-state index contributed by atoms with van der Waals surface area (Å²) in [5, 5.41) is 6.59. The number of ether oxygens (including phenoxy) is 2. The van der Waals surface area contributed by atoms with Gasteiger partial charge in [-0.2, -0.15) is 0 Å². The van der Waals surface area contributed by atoms with Crippen LogP contribution in [0.1, 0.15) is 28.3 Å². The molecular formula is C21H20FN3O3S. The maximum Gasteiger partial charge on any atom is 0.226 e. The molecule has 1 atom stereocenters. The first-order valence-corrected chi connectivity index (χ1v) is 9.93. The van der Waals surface area contributed by atoms with E-state index in [-0.39, 0.29) is 24.2 Å². The highest BCUT2D eigenvalue weighted by Crippen LogP contribution is 2.44. The van der Waals surface area contributed by atoms with Crippen molar-refractivity contribution in [1.29, 1.82) is 0 Å². The van der Waals surface area contributed by atoms with Crippen molar-refractivity contribution < 1.29 is 18.7 Å². The highest BCUT2D eigenvalue weighted by molar-refractivity contribution is 7.16. The third kappa shape index (κ3) is 3.88. The van der Waals surface area contributed by atoms with Gasteiger partial charge in [0.2, 0.25) is 5.91 Å². The smallest absolute Gasteiger partial charge is 0.226 e. The van der Waals surface area contributed by atoms with Crippen LogP contribution in [0.2, 0.25) is 0 Å². The van der Waals surface area contributed by atoms with Gasteiger partial charge >= 0.3 is 0 Å². The van der Waals surface area contributed by atoms with Crippen molar-refractivity contribution in [2.75, 3.05) is 24.8 Å². The fraction of sp³-hybridized carbons (Fsp3) is 0.238. The minimum atomic E-state index is -0.319. The first kappa shape index (κ1) is 19.2. The quantitative estimate of drug-likeness (QED) is 0.627. The van der Waals surface area contributed by atoms with Crippen molar-refractivity contribution in [3.05, 3.63) is 64.3 Å². The summed E-state index contributed by atoms with van der Waals surface area (Å²) in [6.45, 7) is 0.0767. The zero-order valence-corrected chi connectivity index (χ0v) is 16.8. The van der Waals surface area contributed by atoms with Crippen molar-refractivity contribution in [3.63, 3.8) is 0 Å². The van der Waals surface area contributed by atoms with Gasteiger partial charge in [-0.25, -0.2) is 9.37 Å². The molecule has 2 heterocycles. The number of carbonyl (C=O) groups excluding carboxylic acids is 1. The molecule has 2 N–H and O–H groups in total. The van der Waals surface area contributed by atoms with Crippen LogP contribution in [0.4, 0.5) is 15.3 Å². The van der Waals surface area contributed by atoms with Gasteiger partial charge in [0.05, 0.1) is 12.0 Å². The molecular weight excluding hydrogens is 393 g/mol. The number of benzene rings is 2. The second kappa shape index (κ2) is 8.08. The molecule has 0 fully saturated rings. The lowest BCUT2D eigenvalue weighted by atomic mass is 9.91. The number of fused-ring (bicyclic) bond motifs is 1. The van der Waals surface area contributed by atoms with E-state index < -0.39 is 0 Å². The zero-order valence-electron chi connectivity index (χ0n) is 16.0. The summed E-state index contributed by atoms with van der Waals surface area (Å²) < 4.78 is 25.2. The number of halogens is 1. The van der Waals surface area contributed by atoms with Gasteiger partial charge < -0.3 is 20.1 Å². The number of amides is 1. The number of hydrogen-bond donors (Lipinski definition) is 2. The van der Waals surface area contributed by atoms with Crippen LogP contribution >= 0.6 is 11.3 Å². The lowest BCUT2D eigenvalue weighted by molar-refractivity contribution is -0.116. The van der Waals surface area contributed by atoms with Gasteiger partial charge in [0.1, 0.15) is 18.2 Å². The van der Waals surface area contributed by atoms with Gasteiger partial charge in [0.25, 0.3) is 0 Å². The number of hydrogen-bond acceptors (Lipinski definition) is 6. The maximum absolute atomic E-state index is 13.9. The Labute approximate surface area is 171 Å². The van der Waals surface area contributed by atoms with Gasteiger partial charge in [-0.05, 0) is 23.8 Å². The molecule has 29 heavy (non-hydrogen) atoms. The molecule has 150 valence electrons. The highest BCUT2D eigenvalue weighted by atomic mass is 32.1. The van der Waals surface area contributed by atoms with Gasteiger partial charge in [-0.1, -0.05) is 35.6 Å². The molecule has 0 unspecified atom stereocenters. The molecule has 2 aromatic carbocycles. The van der Waals surface area contributed by atoms with Gasteiger partial charge in [0.15, 0.2) is 16.6 Å². The first-order chi connectivity index (χ1) is 14.1. The number of rotatable bonds is 6. The van der Waals surface area contributed by atoms with Crippen molar-refractivity contribution in [3.8, 4) is 11.5 Å². The second-order valence-corrected chi connectivity index (χ2v) is 7.61. The van der Waals surface area contributed by atoms with E-state index in [9.17, 15) is 9.18 Å². The lowest BCUT2D eigenvalue weighted by Gasteiger charge is -2.22. The molecule has 0 aliphatic carbocycles. The van der Waals surface area contributed by atoms with E-state index in [1.807, 2.05) is 12.1 Å². The molecule has 0 radical (unpaired) electrons. The van der Waals surface area contributed by atoms with E-state index in [2.05, 4.69) is 15.6 Å². The highest BCUT2D eigenvalue weighted by Gasteiger charge is 2.30. The Morgan fingerprint density at radius 3 is 2.86 bits per heavy atom. The molecule has 0 bridgehead atoms. The fourth-order valence-corrected chi connectivity index (χ4v) is 4.29. The number of anilines is 2. The van der Waals surface area contributed by atoms with Crippen LogP contribution in [0.3, 0.4) is 0 Å². The van der Waals surface area contributed by atoms with Crippen LogP contribution in [0, 0.1) is 5.82 Å². The summed E-state index contributed by atoms with van der Waals surface area (Å²) in [6, 6.07) is 12.1. The zero-order chi connectivity index (χ0) is 20.4. The molecule has 1 aliphatic heterocycles. The Morgan fingerprint density at radius 1 is 1.28 bits per heavy atom. The molecule has 0 spiro atoms. The Morgan fingerprint density at radius 2 is 2.10 bits per heavy atom. The monoisotopic (exact) mass is 413 g/mol. The van der Waals surface area contributed by atoms with Crippen LogP contribution < -0.4 is 20.1 Å². The maximum atomic E-state index is 13.9. The van der Waals surface area contributed by atoms with Crippen molar-refractivity contribution in [2.24, 2.45) is 0 Å². The molecule has 1 amide bonds. The van der Waals surface area contributed by atoms with Crippen LogP contribution in [-0.4, -0.2) is 25.0 Å². The van der Waals surface area contributed by atoms with Crippen molar-refractivity contribution in [1.82, 2.24) is 4.98 Å². The summed E-state index contributed by atoms with van der Waals surface area (Å²) in [7, 11) is 3.35. The number of methoxy groups -OCH3 is 1. The van der Waals surface area contributed by atoms with E-state index in [0.29, 0.717) is 29.3 Å². The first-order valence-electron chi connectivity index (χ1n) is 9.11. The van der Waals surface area contributed by atoms with Gasteiger partial charge in [-0.15, -0.1) is 0 Å². The van der Waals surface area contributed by atoms with E-state index in [4.69, 9.17) is 9.47 Å². The van der Waals surface area contributed by atoms with E-state index in [1.165, 1.54) is 17.4 Å².